The summed E-state index contributed by atoms with van der Waals surface area (Å²) in [7, 11) is 0. The minimum absolute atomic E-state index is 0.0777. The highest BCUT2D eigenvalue weighted by molar-refractivity contribution is 7.98. The molecule has 0 unspecified atom stereocenters. The van der Waals surface area contributed by atoms with Crippen molar-refractivity contribution in [3.63, 3.8) is 0 Å². The Morgan fingerprint density at radius 1 is 1.50 bits per heavy atom. The van der Waals surface area contributed by atoms with Crippen molar-refractivity contribution in [2.45, 2.75) is 11.3 Å². The highest BCUT2D eigenvalue weighted by atomic mass is 32.2. The molecule has 6 nitrogen and oxygen atoms in total. The number of rotatable bonds is 6. The van der Waals surface area contributed by atoms with Crippen molar-refractivity contribution in [2.75, 3.05) is 30.9 Å². The SMILES string of the molecule is C#CCNC(=O)COC(=O)[C@H]1CC(=O)N(c2cccc(SC)c2)C1. The Morgan fingerprint density at radius 2 is 2.29 bits per heavy atom. The molecule has 0 radical (unpaired) electrons. The molecule has 2 amide bonds. The van der Waals surface area contributed by atoms with Gasteiger partial charge in [0.15, 0.2) is 6.61 Å². The molecule has 0 spiro atoms. The molecule has 1 saturated heterocycles. The van der Waals surface area contributed by atoms with Crippen LogP contribution in [0.5, 0.6) is 0 Å². The summed E-state index contributed by atoms with van der Waals surface area (Å²) in [6.07, 6.45) is 7.05. The van der Waals surface area contributed by atoms with E-state index in [0.29, 0.717) is 0 Å². The third-order valence-corrected chi connectivity index (χ3v) is 4.28. The molecule has 1 atom stereocenters. The van der Waals surface area contributed by atoms with Gasteiger partial charge in [0.25, 0.3) is 5.91 Å². The molecule has 1 aliphatic heterocycles. The van der Waals surface area contributed by atoms with Gasteiger partial charge in [-0.05, 0) is 24.5 Å². The van der Waals surface area contributed by atoms with Gasteiger partial charge >= 0.3 is 5.97 Å². The quantitative estimate of drug-likeness (QED) is 0.473. The van der Waals surface area contributed by atoms with Crippen LogP contribution < -0.4 is 10.2 Å². The number of esters is 1. The minimum Gasteiger partial charge on any atom is -0.455 e. The predicted octanol–water partition coefficient (Wildman–Crippen LogP) is 1.05. The second-order valence-corrected chi connectivity index (χ2v) is 6.08. The average molecular weight is 346 g/mol. The minimum atomic E-state index is -0.573. The molecule has 0 bridgehead atoms. The Bertz CT molecular complexity index is 683. The van der Waals surface area contributed by atoms with Gasteiger partial charge in [0.05, 0.1) is 12.5 Å². The molecule has 24 heavy (non-hydrogen) atoms. The van der Waals surface area contributed by atoms with Gasteiger partial charge in [0.1, 0.15) is 0 Å². The number of hydrogen-bond donors (Lipinski definition) is 1. The van der Waals surface area contributed by atoms with Gasteiger partial charge in [0.2, 0.25) is 5.91 Å². The fourth-order valence-corrected chi connectivity index (χ4v) is 2.80. The summed E-state index contributed by atoms with van der Waals surface area (Å²) in [5, 5.41) is 2.40. The fraction of sp³-hybridized carbons (Fsp3) is 0.353. The van der Waals surface area contributed by atoms with Crippen molar-refractivity contribution in [1.29, 1.82) is 0 Å². The lowest BCUT2D eigenvalue weighted by Gasteiger charge is -2.17. The first-order valence-corrected chi connectivity index (χ1v) is 8.59. The smallest absolute Gasteiger partial charge is 0.311 e. The lowest BCUT2D eigenvalue weighted by molar-refractivity contribution is -0.152. The molecule has 1 N–H and O–H groups in total. The van der Waals surface area contributed by atoms with Crippen molar-refractivity contribution in [3.05, 3.63) is 24.3 Å². The second-order valence-electron chi connectivity index (χ2n) is 5.20. The van der Waals surface area contributed by atoms with Gasteiger partial charge in [-0.15, -0.1) is 18.2 Å². The van der Waals surface area contributed by atoms with E-state index in [1.165, 1.54) is 0 Å². The van der Waals surface area contributed by atoms with Crippen molar-refractivity contribution >= 4 is 35.2 Å². The number of ether oxygens (including phenoxy) is 1. The number of hydrogen-bond acceptors (Lipinski definition) is 5. The highest BCUT2D eigenvalue weighted by Crippen LogP contribution is 2.28. The molecule has 1 aliphatic rings. The Balaban J connectivity index is 1.92. The molecule has 126 valence electrons. The van der Waals surface area contributed by atoms with E-state index in [0.717, 1.165) is 10.6 Å². The number of terminal acetylenes is 1. The standard InChI is InChI=1S/C17H18N2O4S/c1-3-7-18-15(20)11-23-17(22)12-8-16(21)19(10-12)13-5-4-6-14(9-13)24-2/h1,4-6,9,12H,7-8,10-11H2,2H3,(H,18,20)/t12-/m0/s1. The summed E-state index contributed by atoms with van der Waals surface area (Å²) >= 11 is 1.58. The number of carbonyl (C=O) groups is 3. The van der Waals surface area contributed by atoms with Crippen LogP contribution in [0.25, 0.3) is 0 Å². The topological polar surface area (TPSA) is 75.7 Å². The molecule has 0 saturated carbocycles. The summed E-state index contributed by atoms with van der Waals surface area (Å²) in [6.45, 7) is -0.0630. The largest absolute Gasteiger partial charge is 0.455 e. The first-order valence-electron chi connectivity index (χ1n) is 7.36. The monoisotopic (exact) mass is 346 g/mol. The molecule has 0 aromatic heterocycles. The van der Waals surface area contributed by atoms with Crippen molar-refractivity contribution in [3.8, 4) is 12.3 Å². The second kappa shape index (κ2) is 8.41. The Hall–Kier alpha value is -2.46. The Kier molecular flexibility index (Phi) is 6.27. The van der Waals surface area contributed by atoms with Crippen LogP contribution in [-0.4, -0.2) is 43.7 Å². The van der Waals surface area contributed by atoms with E-state index < -0.39 is 24.4 Å². The molecular formula is C17H18N2O4S. The zero-order chi connectivity index (χ0) is 17.5. The molecule has 2 rings (SSSR count). The normalized spacial score (nSPS) is 16.6. The van der Waals surface area contributed by atoms with Gasteiger partial charge < -0.3 is 15.0 Å². The summed E-state index contributed by atoms with van der Waals surface area (Å²) in [5.74, 6) is 0.533. The van der Waals surface area contributed by atoms with Gasteiger partial charge in [-0.1, -0.05) is 12.0 Å². The summed E-state index contributed by atoms with van der Waals surface area (Å²) in [6, 6.07) is 7.56. The molecule has 0 aliphatic carbocycles. The van der Waals surface area contributed by atoms with E-state index >= 15 is 0 Å². The highest BCUT2D eigenvalue weighted by Gasteiger charge is 2.36. The van der Waals surface area contributed by atoms with Crippen LogP contribution in [0.15, 0.2) is 29.2 Å². The zero-order valence-electron chi connectivity index (χ0n) is 13.3. The number of carbonyl (C=O) groups excluding carboxylic acids is 3. The van der Waals surface area contributed by atoms with Crippen LogP contribution in [0.3, 0.4) is 0 Å². The van der Waals surface area contributed by atoms with E-state index in [4.69, 9.17) is 11.2 Å². The van der Waals surface area contributed by atoms with Crippen molar-refractivity contribution in [2.24, 2.45) is 5.92 Å². The molecule has 7 heteroatoms. The summed E-state index contributed by atoms with van der Waals surface area (Å²) in [4.78, 5) is 38.2. The molecule has 1 aromatic carbocycles. The van der Waals surface area contributed by atoms with Crippen LogP contribution >= 0.6 is 11.8 Å². The lowest BCUT2D eigenvalue weighted by Crippen LogP contribution is -2.31. The molecule has 1 aromatic rings. The number of amides is 2. The van der Waals surface area contributed by atoms with Crippen LogP contribution in [0.2, 0.25) is 0 Å². The lowest BCUT2D eigenvalue weighted by atomic mass is 10.1. The van der Waals surface area contributed by atoms with E-state index in [1.54, 1.807) is 16.7 Å². The van der Waals surface area contributed by atoms with Gasteiger partial charge in [0, 0.05) is 23.5 Å². The average Bonchev–Trinajstić information content (AvgIpc) is 2.99. The predicted molar refractivity (Wildman–Crippen MR) is 91.5 cm³/mol. The van der Waals surface area contributed by atoms with E-state index in [9.17, 15) is 14.4 Å². The number of nitrogens with zero attached hydrogens (tertiary/aromatic N) is 1. The van der Waals surface area contributed by atoms with Crippen LogP contribution in [0.1, 0.15) is 6.42 Å². The van der Waals surface area contributed by atoms with Gasteiger partial charge in [-0.2, -0.15) is 0 Å². The fourth-order valence-electron chi connectivity index (χ4n) is 2.35. The van der Waals surface area contributed by atoms with Crippen LogP contribution in [0.4, 0.5) is 5.69 Å². The third-order valence-electron chi connectivity index (χ3n) is 3.56. The summed E-state index contributed by atoms with van der Waals surface area (Å²) < 4.78 is 4.96. The molecule has 1 heterocycles. The van der Waals surface area contributed by atoms with E-state index in [1.807, 2.05) is 30.5 Å². The Labute approximate surface area is 144 Å². The third kappa shape index (κ3) is 4.52. The molecule has 1 fully saturated rings. The van der Waals surface area contributed by atoms with E-state index in [-0.39, 0.29) is 25.4 Å². The first-order chi connectivity index (χ1) is 11.5. The maximum Gasteiger partial charge on any atom is 0.311 e. The van der Waals surface area contributed by atoms with Gasteiger partial charge in [-0.3, -0.25) is 14.4 Å². The van der Waals surface area contributed by atoms with Crippen LogP contribution in [0, 0.1) is 18.3 Å². The van der Waals surface area contributed by atoms with Crippen molar-refractivity contribution in [1.82, 2.24) is 5.32 Å². The number of nitrogens with one attached hydrogen (secondary N) is 1. The van der Waals surface area contributed by atoms with Crippen LogP contribution in [-0.2, 0) is 19.1 Å². The first kappa shape index (κ1) is 17.9. The Morgan fingerprint density at radius 3 is 3.00 bits per heavy atom. The summed E-state index contributed by atoms with van der Waals surface area (Å²) in [5.41, 5.74) is 0.758. The number of thioether (sulfide) groups is 1. The van der Waals surface area contributed by atoms with E-state index in [2.05, 4.69) is 11.2 Å². The number of benzene rings is 1. The molecular weight excluding hydrogens is 328 g/mol. The number of anilines is 1. The van der Waals surface area contributed by atoms with Gasteiger partial charge in [-0.25, -0.2) is 0 Å². The maximum absolute atomic E-state index is 12.2. The maximum atomic E-state index is 12.2. The van der Waals surface area contributed by atoms with Crippen molar-refractivity contribution < 1.29 is 19.1 Å². The zero-order valence-corrected chi connectivity index (χ0v) is 14.1.